The summed E-state index contributed by atoms with van der Waals surface area (Å²) in [5, 5.41) is 2.59. The van der Waals surface area contributed by atoms with Gasteiger partial charge < -0.3 is 14.8 Å². The monoisotopic (exact) mass is 321 g/mol. The molecule has 0 aliphatic heterocycles. The average molecular weight is 321 g/mol. The molecule has 6 nitrogen and oxygen atoms in total. The van der Waals surface area contributed by atoms with E-state index in [1.54, 1.807) is 31.2 Å². The van der Waals surface area contributed by atoms with Crippen LogP contribution >= 0.6 is 0 Å². The molecule has 1 aromatic carbocycles. The Morgan fingerprint density at radius 2 is 1.65 bits per heavy atom. The molecule has 23 heavy (non-hydrogen) atoms. The molecule has 1 rings (SSSR count). The minimum absolute atomic E-state index is 0.184. The standard InChI is InChI=1S/C17H23NO5/c1-5-22-16(21)12-6-8-13(9-7-12)18-14(19)11-23-15(20)10-17(2,3)4/h6-9H,5,10-11H2,1-4H3,(H,18,19). The van der Waals surface area contributed by atoms with Gasteiger partial charge in [-0.25, -0.2) is 4.79 Å². The van der Waals surface area contributed by atoms with Crippen molar-refractivity contribution >= 4 is 23.5 Å². The molecule has 0 saturated carbocycles. The Bertz CT molecular complexity index is 557. The first kappa shape index (κ1) is 18.7. The summed E-state index contributed by atoms with van der Waals surface area (Å²) in [5.41, 5.74) is 0.729. The summed E-state index contributed by atoms with van der Waals surface area (Å²) in [6.45, 7) is 7.44. The van der Waals surface area contributed by atoms with Crippen molar-refractivity contribution in [2.24, 2.45) is 5.41 Å². The van der Waals surface area contributed by atoms with E-state index in [9.17, 15) is 14.4 Å². The Kier molecular flexibility index (Phi) is 6.75. The highest BCUT2D eigenvalue weighted by atomic mass is 16.5. The van der Waals surface area contributed by atoms with E-state index in [1.165, 1.54) is 0 Å². The number of ether oxygens (including phenoxy) is 2. The molecule has 0 saturated heterocycles. The van der Waals surface area contributed by atoms with Gasteiger partial charge in [-0.2, -0.15) is 0 Å². The number of benzene rings is 1. The predicted octanol–water partition coefficient (Wildman–Crippen LogP) is 2.78. The van der Waals surface area contributed by atoms with Crippen LogP contribution in [-0.2, 0) is 19.1 Å². The molecule has 0 fully saturated rings. The van der Waals surface area contributed by atoms with Crippen LogP contribution in [0.25, 0.3) is 0 Å². The van der Waals surface area contributed by atoms with Crippen molar-refractivity contribution in [1.29, 1.82) is 0 Å². The molecule has 0 spiro atoms. The SMILES string of the molecule is CCOC(=O)c1ccc(NC(=O)COC(=O)CC(C)(C)C)cc1. The van der Waals surface area contributed by atoms with Crippen LogP contribution in [0.15, 0.2) is 24.3 Å². The van der Waals surface area contributed by atoms with Crippen molar-refractivity contribution in [3.8, 4) is 0 Å². The summed E-state index contributed by atoms with van der Waals surface area (Å²) in [7, 11) is 0. The van der Waals surface area contributed by atoms with Crippen molar-refractivity contribution in [1.82, 2.24) is 0 Å². The third-order valence-electron chi connectivity index (χ3n) is 2.72. The largest absolute Gasteiger partial charge is 0.462 e. The molecule has 0 heterocycles. The fourth-order valence-electron chi connectivity index (χ4n) is 1.73. The maximum absolute atomic E-state index is 11.7. The summed E-state index contributed by atoms with van der Waals surface area (Å²) in [5.74, 6) is -1.26. The molecule has 0 aromatic heterocycles. The zero-order chi connectivity index (χ0) is 17.5. The van der Waals surface area contributed by atoms with Gasteiger partial charge in [-0.3, -0.25) is 9.59 Å². The van der Waals surface area contributed by atoms with Crippen molar-refractivity contribution < 1.29 is 23.9 Å². The molecule has 0 unspecified atom stereocenters. The van der Waals surface area contributed by atoms with Crippen LogP contribution in [0.5, 0.6) is 0 Å². The lowest BCUT2D eigenvalue weighted by molar-refractivity contribution is -0.149. The minimum Gasteiger partial charge on any atom is -0.462 e. The quantitative estimate of drug-likeness (QED) is 0.815. The molecule has 1 aromatic rings. The Balaban J connectivity index is 2.45. The fraction of sp³-hybridized carbons (Fsp3) is 0.471. The number of rotatable bonds is 6. The van der Waals surface area contributed by atoms with Crippen molar-refractivity contribution in [3.63, 3.8) is 0 Å². The third kappa shape index (κ3) is 7.44. The predicted molar refractivity (Wildman–Crippen MR) is 86.1 cm³/mol. The lowest BCUT2D eigenvalue weighted by atomic mass is 9.92. The van der Waals surface area contributed by atoms with Gasteiger partial charge in [0.15, 0.2) is 6.61 Å². The van der Waals surface area contributed by atoms with Crippen LogP contribution in [0.3, 0.4) is 0 Å². The highest BCUT2D eigenvalue weighted by molar-refractivity contribution is 5.94. The number of anilines is 1. The van der Waals surface area contributed by atoms with Crippen LogP contribution in [0.4, 0.5) is 5.69 Å². The minimum atomic E-state index is -0.434. The van der Waals surface area contributed by atoms with E-state index < -0.39 is 17.8 Å². The first-order valence-electron chi connectivity index (χ1n) is 7.44. The molecule has 1 amide bonds. The molecule has 126 valence electrons. The second-order valence-corrected chi connectivity index (χ2v) is 6.24. The Labute approximate surface area is 136 Å². The van der Waals surface area contributed by atoms with Gasteiger partial charge in [-0.1, -0.05) is 20.8 Å². The van der Waals surface area contributed by atoms with Gasteiger partial charge in [-0.05, 0) is 36.6 Å². The topological polar surface area (TPSA) is 81.7 Å². The van der Waals surface area contributed by atoms with Crippen molar-refractivity contribution in [2.75, 3.05) is 18.5 Å². The van der Waals surface area contributed by atoms with Crippen LogP contribution in [0, 0.1) is 5.41 Å². The molecule has 0 bridgehead atoms. The molecule has 1 N–H and O–H groups in total. The maximum atomic E-state index is 11.7. The van der Waals surface area contributed by atoms with E-state index in [4.69, 9.17) is 9.47 Å². The van der Waals surface area contributed by atoms with Gasteiger partial charge in [0.2, 0.25) is 0 Å². The number of amides is 1. The number of nitrogens with one attached hydrogen (secondary N) is 1. The molecular weight excluding hydrogens is 298 g/mol. The lowest BCUT2D eigenvalue weighted by Crippen LogP contribution is -2.23. The second-order valence-electron chi connectivity index (χ2n) is 6.24. The van der Waals surface area contributed by atoms with Crippen LogP contribution < -0.4 is 5.32 Å². The van der Waals surface area contributed by atoms with Gasteiger partial charge in [-0.15, -0.1) is 0 Å². The molecule has 0 aliphatic rings. The van der Waals surface area contributed by atoms with Gasteiger partial charge in [0, 0.05) is 5.69 Å². The van der Waals surface area contributed by atoms with E-state index in [-0.39, 0.29) is 18.4 Å². The van der Waals surface area contributed by atoms with Gasteiger partial charge in [0.05, 0.1) is 18.6 Å². The number of hydrogen-bond donors (Lipinski definition) is 1. The maximum Gasteiger partial charge on any atom is 0.338 e. The summed E-state index contributed by atoms with van der Waals surface area (Å²) >= 11 is 0. The first-order valence-corrected chi connectivity index (χ1v) is 7.44. The average Bonchev–Trinajstić information content (AvgIpc) is 2.44. The molecule has 0 aliphatic carbocycles. The summed E-state index contributed by atoms with van der Waals surface area (Å²) in [6, 6.07) is 6.28. The summed E-state index contributed by atoms with van der Waals surface area (Å²) < 4.78 is 9.79. The van der Waals surface area contributed by atoms with Crippen LogP contribution in [0.2, 0.25) is 0 Å². The fourth-order valence-corrected chi connectivity index (χ4v) is 1.73. The van der Waals surface area contributed by atoms with Crippen molar-refractivity contribution in [3.05, 3.63) is 29.8 Å². The summed E-state index contributed by atoms with van der Waals surface area (Å²) in [6.07, 6.45) is 0.245. The Hall–Kier alpha value is -2.37. The van der Waals surface area contributed by atoms with E-state index >= 15 is 0 Å². The van der Waals surface area contributed by atoms with E-state index in [0.717, 1.165) is 0 Å². The van der Waals surface area contributed by atoms with Gasteiger partial charge >= 0.3 is 11.9 Å². The number of hydrogen-bond acceptors (Lipinski definition) is 5. The summed E-state index contributed by atoms with van der Waals surface area (Å²) in [4.78, 5) is 34.8. The molecule has 0 radical (unpaired) electrons. The number of carbonyl (C=O) groups excluding carboxylic acids is 3. The van der Waals surface area contributed by atoms with Crippen LogP contribution in [-0.4, -0.2) is 31.1 Å². The van der Waals surface area contributed by atoms with Gasteiger partial charge in [0.1, 0.15) is 0 Å². The zero-order valence-electron chi connectivity index (χ0n) is 14.0. The zero-order valence-corrected chi connectivity index (χ0v) is 14.0. The smallest absolute Gasteiger partial charge is 0.338 e. The van der Waals surface area contributed by atoms with E-state index in [0.29, 0.717) is 17.9 Å². The molecular formula is C17H23NO5. The highest BCUT2D eigenvalue weighted by Gasteiger charge is 2.18. The van der Waals surface area contributed by atoms with Gasteiger partial charge in [0.25, 0.3) is 5.91 Å². The Morgan fingerprint density at radius 3 is 2.17 bits per heavy atom. The number of carbonyl (C=O) groups is 3. The third-order valence-corrected chi connectivity index (χ3v) is 2.72. The van der Waals surface area contributed by atoms with Crippen molar-refractivity contribution in [2.45, 2.75) is 34.1 Å². The molecule has 0 atom stereocenters. The molecule has 6 heteroatoms. The Morgan fingerprint density at radius 1 is 1.04 bits per heavy atom. The lowest BCUT2D eigenvalue weighted by Gasteiger charge is -2.16. The van der Waals surface area contributed by atoms with E-state index in [1.807, 2.05) is 20.8 Å². The number of esters is 2. The second kappa shape index (κ2) is 8.31. The first-order chi connectivity index (χ1) is 10.7. The normalized spacial score (nSPS) is 10.8. The van der Waals surface area contributed by atoms with E-state index in [2.05, 4.69) is 5.32 Å². The highest BCUT2D eigenvalue weighted by Crippen LogP contribution is 2.18. The van der Waals surface area contributed by atoms with Crippen LogP contribution in [0.1, 0.15) is 44.5 Å².